The van der Waals surface area contributed by atoms with Crippen LogP contribution in [0.5, 0.6) is 0 Å². The molecule has 0 saturated heterocycles. The van der Waals surface area contributed by atoms with Crippen LogP contribution in [0.15, 0.2) is 4.73 Å². The molecule has 0 aliphatic heterocycles. The van der Waals surface area contributed by atoms with Crippen LogP contribution in [0.25, 0.3) is 0 Å². The summed E-state index contributed by atoms with van der Waals surface area (Å²) in [6.45, 7) is 2.59. The van der Waals surface area contributed by atoms with Gasteiger partial charge >= 0.3 is 0 Å². The third kappa shape index (κ3) is 1.38. The van der Waals surface area contributed by atoms with Crippen LogP contribution < -0.4 is 5.73 Å². The molecule has 56 valence electrons. The maximum atomic E-state index is 5.45. The van der Waals surface area contributed by atoms with E-state index in [0.717, 1.165) is 22.5 Å². The van der Waals surface area contributed by atoms with Crippen molar-refractivity contribution in [2.24, 2.45) is 5.73 Å². The average molecular weight is 204 g/mol. The van der Waals surface area contributed by atoms with Crippen molar-refractivity contribution in [1.82, 2.24) is 9.97 Å². The van der Waals surface area contributed by atoms with Crippen molar-refractivity contribution >= 4 is 15.9 Å². The highest BCUT2D eigenvalue weighted by Gasteiger charge is 2.03. The topological polar surface area (TPSA) is 54.7 Å². The van der Waals surface area contributed by atoms with E-state index in [0.29, 0.717) is 6.54 Å². The SMILES string of the molecule is CCc1nc(Br)[nH]c1CN. The number of H-pyrrole nitrogens is 1. The van der Waals surface area contributed by atoms with E-state index >= 15 is 0 Å². The molecule has 0 fully saturated rings. The number of hydrogen-bond donors (Lipinski definition) is 2. The van der Waals surface area contributed by atoms with E-state index in [-0.39, 0.29) is 0 Å². The zero-order valence-electron chi connectivity index (χ0n) is 5.82. The molecule has 1 heterocycles. The molecule has 0 atom stereocenters. The molecule has 0 bridgehead atoms. The number of nitrogens with two attached hydrogens (primary N) is 1. The molecular formula is C6H10BrN3. The minimum atomic E-state index is 0.530. The molecule has 0 aromatic carbocycles. The van der Waals surface area contributed by atoms with E-state index in [9.17, 15) is 0 Å². The minimum absolute atomic E-state index is 0.530. The first kappa shape index (κ1) is 7.75. The molecule has 1 rings (SSSR count). The summed E-state index contributed by atoms with van der Waals surface area (Å²) in [7, 11) is 0. The summed E-state index contributed by atoms with van der Waals surface area (Å²) in [5, 5.41) is 0. The fourth-order valence-corrected chi connectivity index (χ4v) is 1.33. The van der Waals surface area contributed by atoms with Gasteiger partial charge in [0.2, 0.25) is 0 Å². The molecule has 0 unspecified atom stereocenters. The molecule has 0 spiro atoms. The molecule has 4 heteroatoms. The Kier molecular flexibility index (Phi) is 2.45. The van der Waals surface area contributed by atoms with Crippen LogP contribution in [0.4, 0.5) is 0 Å². The predicted molar refractivity (Wildman–Crippen MR) is 43.6 cm³/mol. The van der Waals surface area contributed by atoms with Crippen LogP contribution in [0, 0.1) is 0 Å². The van der Waals surface area contributed by atoms with Gasteiger partial charge in [-0.25, -0.2) is 4.98 Å². The summed E-state index contributed by atoms with van der Waals surface area (Å²) in [5.74, 6) is 0. The molecule has 0 aliphatic carbocycles. The van der Waals surface area contributed by atoms with Gasteiger partial charge in [0.15, 0.2) is 4.73 Å². The second-order valence-corrected chi connectivity index (χ2v) is 2.76. The molecule has 0 saturated carbocycles. The molecule has 0 aliphatic rings. The summed E-state index contributed by atoms with van der Waals surface area (Å²) in [6.07, 6.45) is 0.925. The Morgan fingerprint density at radius 2 is 2.40 bits per heavy atom. The normalized spacial score (nSPS) is 10.3. The average Bonchev–Trinajstić information content (AvgIpc) is 2.30. The fourth-order valence-electron chi connectivity index (χ4n) is 0.872. The van der Waals surface area contributed by atoms with E-state index in [2.05, 4.69) is 32.8 Å². The van der Waals surface area contributed by atoms with Gasteiger partial charge in [-0.3, -0.25) is 0 Å². The lowest BCUT2D eigenvalue weighted by Crippen LogP contribution is -1.99. The Labute approximate surface area is 68.2 Å². The maximum absolute atomic E-state index is 5.45. The van der Waals surface area contributed by atoms with Crippen molar-refractivity contribution in [2.45, 2.75) is 19.9 Å². The van der Waals surface area contributed by atoms with Gasteiger partial charge in [0.25, 0.3) is 0 Å². The first-order valence-electron chi connectivity index (χ1n) is 3.21. The third-order valence-corrected chi connectivity index (χ3v) is 1.75. The van der Waals surface area contributed by atoms with Crippen LogP contribution in [-0.4, -0.2) is 9.97 Å². The smallest absolute Gasteiger partial charge is 0.174 e. The second kappa shape index (κ2) is 3.16. The number of nitrogens with one attached hydrogen (secondary N) is 1. The van der Waals surface area contributed by atoms with Crippen LogP contribution in [0.3, 0.4) is 0 Å². The predicted octanol–water partition coefficient (Wildman–Crippen LogP) is 1.19. The lowest BCUT2D eigenvalue weighted by Gasteiger charge is -1.91. The Morgan fingerprint density at radius 1 is 1.70 bits per heavy atom. The van der Waals surface area contributed by atoms with Crippen LogP contribution in [0.1, 0.15) is 18.3 Å². The highest BCUT2D eigenvalue weighted by atomic mass is 79.9. The first-order chi connectivity index (χ1) is 4.77. The van der Waals surface area contributed by atoms with Gasteiger partial charge in [-0.15, -0.1) is 0 Å². The number of rotatable bonds is 2. The van der Waals surface area contributed by atoms with Crippen LogP contribution >= 0.6 is 15.9 Å². The Morgan fingerprint density at radius 3 is 2.80 bits per heavy atom. The summed E-state index contributed by atoms with van der Waals surface area (Å²) in [5.41, 5.74) is 7.52. The molecule has 0 amide bonds. The van der Waals surface area contributed by atoms with E-state index in [1.807, 2.05) is 0 Å². The maximum Gasteiger partial charge on any atom is 0.174 e. The lowest BCUT2D eigenvalue weighted by molar-refractivity contribution is 0.951. The summed E-state index contributed by atoms with van der Waals surface area (Å²) < 4.78 is 0.768. The molecule has 3 nitrogen and oxygen atoms in total. The Bertz CT molecular complexity index is 197. The number of hydrogen-bond acceptors (Lipinski definition) is 2. The fraction of sp³-hybridized carbons (Fsp3) is 0.500. The molecule has 3 N–H and O–H groups in total. The molecule has 1 aromatic rings. The highest BCUT2D eigenvalue weighted by molar-refractivity contribution is 9.10. The summed E-state index contributed by atoms with van der Waals surface area (Å²) in [6, 6.07) is 0. The summed E-state index contributed by atoms with van der Waals surface area (Å²) >= 11 is 3.24. The second-order valence-electron chi connectivity index (χ2n) is 2.01. The lowest BCUT2D eigenvalue weighted by atomic mass is 10.3. The number of halogens is 1. The zero-order valence-corrected chi connectivity index (χ0v) is 7.40. The van der Waals surface area contributed by atoms with Crippen molar-refractivity contribution < 1.29 is 0 Å². The van der Waals surface area contributed by atoms with Gasteiger partial charge in [0.05, 0.1) is 11.4 Å². The van der Waals surface area contributed by atoms with E-state index < -0.39 is 0 Å². The Hall–Kier alpha value is -0.350. The number of nitrogens with zero attached hydrogens (tertiary/aromatic N) is 1. The Balaban J connectivity index is 2.96. The van der Waals surface area contributed by atoms with Crippen molar-refractivity contribution in [3.63, 3.8) is 0 Å². The molecular weight excluding hydrogens is 194 g/mol. The minimum Gasteiger partial charge on any atom is -0.335 e. The number of aromatic nitrogens is 2. The van der Waals surface area contributed by atoms with Crippen LogP contribution in [0.2, 0.25) is 0 Å². The summed E-state index contributed by atoms with van der Waals surface area (Å²) in [4.78, 5) is 7.21. The van der Waals surface area contributed by atoms with Gasteiger partial charge in [-0.2, -0.15) is 0 Å². The van der Waals surface area contributed by atoms with Gasteiger partial charge < -0.3 is 10.7 Å². The monoisotopic (exact) mass is 203 g/mol. The zero-order chi connectivity index (χ0) is 7.56. The third-order valence-electron chi connectivity index (χ3n) is 1.37. The molecule has 0 radical (unpaired) electrons. The quantitative estimate of drug-likeness (QED) is 0.760. The van der Waals surface area contributed by atoms with Gasteiger partial charge in [0.1, 0.15) is 0 Å². The van der Waals surface area contributed by atoms with Crippen molar-refractivity contribution in [3.05, 3.63) is 16.1 Å². The highest BCUT2D eigenvalue weighted by Crippen LogP contribution is 2.10. The van der Waals surface area contributed by atoms with Crippen molar-refractivity contribution in [1.29, 1.82) is 0 Å². The van der Waals surface area contributed by atoms with E-state index in [1.54, 1.807) is 0 Å². The van der Waals surface area contributed by atoms with E-state index in [1.165, 1.54) is 0 Å². The standard InChI is InChI=1S/C6H10BrN3/c1-2-4-5(3-8)10-6(7)9-4/h2-3,8H2,1H3,(H,9,10). The van der Waals surface area contributed by atoms with Crippen molar-refractivity contribution in [3.8, 4) is 0 Å². The van der Waals surface area contributed by atoms with Gasteiger partial charge in [-0.05, 0) is 22.4 Å². The largest absolute Gasteiger partial charge is 0.335 e. The molecule has 1 aromatic heterocycles. The first-order valence-corrected chi connectivity index (χ1v) is 4.00. The van der Waals surface area contributed by atoms with Gasteiger partial charge in [-0.1, -0.05) is 6.92 Å². The van der Waals surface area contributed by atoms with Crippen molar-refractivity contribution in [2.75, 3.05) is 0 Å². The number of aromatic amines is 1. The number of imidazole rings is 1. The van der Waals surface area contributed by atoms with Crippen LogP contribution in [-0.2, 0) is 13.0 Å². The van der Waals surface area contributed by atoms with Gasteiger partial charge in [0, 0.05) is 6.54 Å². The molecule has 10 heavy (non-hydrogen) atoms. The van der Waals surface area contributed by atoms with E-state index in [4.69, 9.17) is 5.73 Å². The number of aryl methyl sites for hydroxylation is 1.